The number of ether oxygens (including phenoxy) is 2. The Balaban J connectivity index is 1.53. The van der Waals surface area contributed by atoms with Gasteiger partial charge in [-0.05, 0) is 42.5 Å². The minimum absolute atomic E-state index is 0.189. The smallest absolute Gasteiger partial charge is 0.296 e. The Bertz CT molecular complexity index is 1300. The molecule has 0 aliphatic carbocycles. The van der Waals surface area contributed by atoms with Crippen molar-refractivity contribution in [1.82, 2.24) is 25.1 Å². The summed E-state index contributed by atoms with van der Waals surface area (Å²) < 4.78 is 11.0. The van der Waals surface area contributed by atoms with Crippen LogP contribution in [-0.2, 0) is 6.61 Å². The molecule has 4 aromatic rings. The third-order valence-electron chi connectivity index (χ3n) is 4.39. The Morgan fingerprint density at radius 3 is 2.67 bits per heavy atom. The second kappa shape index (κ2) is 10.1. The molecule has 0 bridgehead atoms. The molecule has 0 saturated carbocycles. The zero-order chi connectivity index (χ0) is 23.4. The highest BCUT2D eigenvalue weighted by atomic mass is 35.5. The zero-order valence-corrected chi connectivity index (χ0v) is 19.7. The van der Waals surface area contributed by atoms with Crippen LogP contribution < -0.4 is 14.8 Å². The monoisotopic (exact) mass is 502 g/mol. The molecular formula is C21H16Cl2N6O3S. The van der Waals surface area contributed by atoms with Crippen LogP contribution in [0.4, 0.5) is 5.13 Å². The molecule has 0 radical (unpaired) electrons. The van der Waals surface area contributed by atoms with Crippen molar-refractivity contribution in [3.63, 3.8) is 0 Å². The molecule has 0 aromatic carbocycles. The van der Waals surface area contributed by atoms with Crippen LogP contribution in [0.15, 0.2) is 42.9 Å². The highest BCUT2D eigenvalue weighted by Crippen LogP contribution is 2.34. The number of carbonyl (C=O) groups is 1. The normalized spacial score (nSPS) is 10.7. The van der Waals surface area contributed by atoms with Crippen molar-refractivity contribution in [3.8, 4) is 22.1 Å². The number of aromatic nitrogens is 5. The maximum atomic E-state index is 13.1. The van der Waals surface area contributed by atoms with Crippen LogP contribution in [-0.4, -0.2) is 38.2 Å². The number of anilines is 1. The lowest BCUT2D eigenvalue weighted by atomic mass is 10.0. The van der Waals surface area contributed by atoms with E-state index in [-0.39, 0.29) is 22.1 Å². The van der Waals surface area contributed by atoms with Gasteiger partial charge in [0.05, 0.1) is 29.6 Å². The number of methoxy groups -OCH3 is 1. The molecule has 168 valence electrons. The summed E-state index contributed by atoms with van der Waals surface area (Å²) in [5.74, 6) is 0.0519. The number of halogens is 2. The Labute approximate surface area is 202 Å². The summed E-state index contributed by atoms with van der Waals surface area (Å²) in [5, 5.41) is 12.0. The van der Waals surface area contributed by atoms with Gasteiger partial charge in [0, 0.05) is 29.2 Å². The molecule has 0 spiro atoms. The van der Waals surface area contributed by atoms with E-state index in [1.54, 1.807) is 24.3 Å². The average Bonchev–Trinajstić information content (AvgIpc) is 3.25. The zero-order valence-electron chi connectivity index (χ0n) is 17.4. The number of rotatable bonds is 7. The van der Waals surface area contributed by atoms with Gasteiger partial charge in [-0.15, -0.1) is 5.10 Å². The van der Waals surface area contributed by atoms with E-state index in [2.05, 4.69) is 30.5 Å². The fourth-order valence-corrected chi connectivity index (χ4v) is 3.72. The van der Waals surface area contributed by atoms with Gasteiger partial charge < -0.3 is 9.47 Å². The van der Waals surface area contributed by atoms with Gasteiger partial charge in [0.25, 0.3) is 11.1 Å². The van der Waals surface area contributed by atoms with Crippen molar-refractivity contribution in [2.45, 2.75) is 13.5 Å². The lowest BCUT2D eigenvalue weighted by Gasteiger charge is -2.13. The summed E-state index contributed by atoms with van der Waals surface area (Å²) >= 11 is 13.0. The molecule has 12 heteroatoms. The summed E-state index contributed by atoms with van der Waals surface area (Å²) in [4.78, 5) is 25.5. The van der Waals surface area contributed by atoms with E-state index in [1.807, 2.05) is 6.92 Å². The maximum absolute atomic E-state index is 13.1. The number of nitrogens with zero attached hydrogens (tertiary/aromatic N) is 5. The fraction of sp³-hybridized carbons (Fsp3) is 0.143. The number of pyridine rings is 3. The van der Waals surface area contributed by atoms with Crippen molar-refractivity contribution in [3.05, 3.63) is 70.0 Å². The quantitative estimate of drug-likeness (QED) is 0.357. The summed E-state index contributed by atoms with van der Waals surface area (Å²) in [7, 11) is 1.52. The van der Waals surface area contributed by atoms with E-state index in [1.165, 1.54) is 25.7 Å². The third-order valence-corrected chi connectivity index (χ3v) is 5.57. The molecule has 0 saturated heterocycles. The minimum atomic E-state index is -0.422. The van der Waals surface area contributed by atoms with Crippen LogP contribution in [0, 0.1) is 6.92 Å². The second-order valence-corrected chi connectivity index (χ2v) is 8.43. The molecule has 0 fully saturated rings. The van der Waals surface area contributed by atoms with Crippen molar-refractivity contribution >= 4 is 45.6 Å². The number of carbonyl (C=O) groups excluding carboxylic acids is 1. The number of aryl methyl sites for hydroxylation is 1. The first kappa shape index (κ1) is 22.8. The Morgan fingerprint density at radius 2 is 1.91 bits per heavy atom. The van der Waals surface area contributed by atoms with E-state index in [0.29, 0.717) is 33.2 Å². The van der Waals surface area contributed by atoms with Gasteiger partial charge in [0.2, 0.25) is 5.13 Å². The van der Waals surface area contributed by atoms with Gasteiger partial charge in [0.1, 0.15) is 17.5 Å². The summed E-state index contributed by atoms with van der Waals surface area (Å²) in [6.07, 6.45) is 4.52. The highest BCUT2D eigenvalue weighted by Gasteiger charge is 2.19. The summed E-state index contributed by atoms with van der Waals surface area (Å²) in [6, 6.07) is 6.87. The predicted octanol–water partition coefficient (Wildman–Crippen LogP) is 4.85. The van der Waals surface area contributed by atoms with Gasteiger partial charge >= 0.3 is 0 Å². The molecule has 1 N–H and O–H groups in total. The van der Waals surface area contributed by atoms with Crippen molar-refractivity contribution in [2.24, 2.45) is 0 Å². The molecule has 0 unspecified atom stereocenters. The van der Waals surface area contributed by atoms with Crippen LogP contribution in [0.5, 0.6) is 10.9 Å². The van der Waals surface area contributed by atoms with Crippen molar-refractivity contribution < 1.29 is 14.3 Å². The van der Waals surface area contributed by atoms with Crippen LogP contribution in [0.1, 0.15) is 21.7 Å². The molecule has 0 atom stereocenters. The third kappa shape index (κ3) is 5.54. The van der Waals surface area contributed by atoms with Gasteiger partial charge in [-0.25, -0.2) is 4.98 Å². The first-order chi connectivity index (χ1) is 15.9. The largest absolute Gasteiger partial charge is 0.494 e. The topological polar surface area (TPSA) is 112 Å². The molecule has 9 nitrogen and oxygen atoms in total. The number of hydrogen-bond acceptors (Lipinski definition) is 9. The van der Waals surface area contributed by atoms with Crippen LogP contribution in [0.2, 0.25) is 10.2 Å². The second-order valence-electron chi connectivity index (χ2n) is 6.66. The van der Waals surface area contributed by atoms with Crippen LogP contribution in [0.25, 0.3) is 11.1 Å². The molecule has 1 amide bonds. The molecule has 4 heterocycles. The van der Waals surface area contributed by atoms with Crippen molar-refractivity contribution in [2.75, 3.05) is 12.4 Å². The predicted molar refractivity (Wildman–Crippen MR) is 125 cm³/mol. The SMILES string of the molecule is COc1cnc(Cl)cc1-c1cc(C)ncc1C(=O)Nc1nnc(OCc2ccc(Cl)cn2)s1. The summed E-state index contributed by atoms with van der Waals surface area (Å²) in [6.45, 7) is 2.01. The average molecular weight is 503 g/mol. The lowest BCUT2D eigenvalue weighted by Crippen LogP contribution is -2.14. The van der Waals surface area contributed by atoms with Gasteiger partial charge in [-0.1, -0.05) is 28.3 Å². The first-order valence-corrected chi connectivity index (χ1v) is 11.0. The van der Waals surface area contributed by atoms with Gasteiger partial charge in [-0.3, -0.25) is 20.1 Å². The Kier molecular flexibility index (Phi) is 6.97. The van der Waals surface area contributed by atoms with E-state index in [4.69, 9.17) is 32.7 Å². The van der Waals surface area contributed by atoms with E-state index in [9.17, 15) is 4.79 Å². The molecule has 0 aliphatic heterocycles. The number of amides is 1. The Hall–Kier alpha value is -3.34. The minimum Gasteiger partial charge on any atom is -0.494 e. The van der Waals surface area contributed by atoms with Gasteiger partial charge in [-0.2, -0.15) is 0 Å². The first-order valence-electron chi connectivity index (χ1n) is 9.47. The van der Waals surface area contributed by atoms with Crippen molar-refractivity contribution in [1.29, 1.82) is 0 Å². The molecule has 4 rings (SSSR count). The van der Waals surface area contributed by atoms with E-state index in [0.717, 1.165) is 17.0 Å². The number of hydrogen-bond donors (Lipinski definition) is 1. The van der Waals surface area contributed by atoms with Crippen LogP contribution >= 0.6 is 34.5 Å². The van der Waals surface area contributed by atoms with E-state index < -0.39 is 5.91 Å². The molecular weight excluding hydrogens is 487 g/mol. The standard InChI is InChI=1S/C21H16Cl2N6O3S/c1-11-5-14(15-6-18(23)26-9-17(15)31-2)16(8-24-11)19(30)27-20-28-29-21(33-20)32-10-13-4-3-12(22)7-25-13/h3-9H,10H2,1-2H3,(H,27,28,30). The van der Waals surface area contributed by atoms with Gasteiger partial charge in [0.15, 0.2) is 0 Å². The van der Waals surface area contributed by atoms with Crippen LogP contribution in [0.3, 0.4) is 0 Å². The highest BCUT2D eigenvalue weighted by molar-refractivity contribution is 7.17. The molecule has 33 heavy (non-hydrogen) atoms. The Morgan fingerprint density at radius 1 is 1.06 bits per heavy atom. The number of nitrogens with one attached hydrogen (secondary N) is 1. The maximum Gasteiger partial charge on any atom is 0.296 e. The molecule has 0 aliphatic rings. The summed E-state index contributed by atoms with van der Waals surface area (Å²) in [5.41, 5.74) is 2.92. The molecule has 4 aromatic heterocycles. The van der Waals surface area contributed by atoms with E-state index >= 15 is 0 Å². The fourth-order valence-electron chi connectivity index (χ4n) is 2.86. The lowest BCUT2D eigenvalue weighted by molar-refractivity contribution is 0.102.